The first-order valence-electron chi connectivity index (χ1n) is 12.7. The maximum absolute atomic E-state index is 13.1. The number of benzene rings is 2. The van der Waals surface area contributed by atoms with Crippen molar-refractivity contribution in [2.24, 2.45) is 0 Å². The zero-order valence-electron chi connectivity index (χ0n) is 21.9. The van der Waals surface area contributed by atoms with Gasteiger partial charge in [0.15, 0.2) is 5.82 Å². The number of aryl methyl sites for hydroxylation is 2. The molecular weight excluding hydrogens is 468 g/mol. The number of rotatable bonds is 11. The van der Waals surface area contributed by atoms with E-state index in [1.807, 2.05) is 43.3 Å². The van der Waals surface area contributed by atoms with E-state index in [-0.39, 0.29) is 18.1 Å². The minimum Gasteiger partial charge on any atom is -0.465 e. The number of tetrazole rings is 1. The van der Waals surface area contributed by atoms with Crippen LogP contribution >= 0.6 is 0 Å². The van der Waals surface area contributed by atoms with Crippen molar-refractivity contribution in [3.8, 4) is 0 Å². The molecule has 0 saturated carbocycles. The number of esters is 1. The lowest BCUT2D eigenvalue weighted by atomic mass is 10.0. The Morgan fingerprint density at radius 1 is 1.08 bits per heavy atom. The van der Waals surface area contributed by atoms with Crippen LogP contribution in [0.1, 0.15) is 54.4 Å². The molecule has 0 unspecified atom stereocenters. The molecule has 37 heavy (non-hydrogen) atoms. The molecule has 9 nitrogen and oxygen atoms in total. The highest BCUT2D eigenvalue weighted by Gasteiger charge is 2.27. The van der Waals surface area contributed by atoms with Gasteiger partial charge >= 0.3 is 5.97 Å². The molecule has 0 spiro atoms. The first-order valence-corrected chi connectivity index (χ1v) is 12.7. The molecule has 194 valence electrons. The van der Waals surface area contributed by atoms with Crippen molar-refractivity contribution in [1.29, 1.82) is 0 Å². The van der Waals surface area contributed by atoms with Crippen LogP contribution in [0, 0.1) is 13.8 Å². The number of para-hydroxylation sites is 1. The number of fused-ring (bicyclic) bond motifs is 1. The third-order valence-corrected chi connectivity index (χ3v) is 6.74. The number of hydrogen-bond acceptors (Lipinski definition) is 7. The SMILES string of the molecule is CCOC(=O)Cn1nnnc1[C@H](CC)N(CCc1ccccc1C)Cc1cc2cccc(C)c2[nH]c1=O. The molecule has 1 N–H and O–H groups in total. The van der Waals surface area contributed by atoms with Crippen LogP contribution in [0.4, 0.5) is 0 Å². The van der Waals surface area contributed by atoms with Gasteiger partial charge in [-0.05, 0) is 72.2 Å². The van der Waals surface area contributed by atoms with Crippen LogP contribution in [-0.4, -0.2) is 49.2 Å². The second kappa shape index (κ2) is 11.9. The Balaban J connectivity index is 1.69. The van der Waals surface area contributed by atoms with Gasteiger partial charge in [-0.15, -0.1) is 5.10 Å². The molecule has 9 heteroatoms. The predicted octanol–water partition coefficient (Wildman–Crippen LogP) is 3.89. The second-order valence-corrected chi connectivity index (χ2v) is 9.23. The fraction of sp³-hybridized carbons (Fsp3) is 0.393. The number of ether oxygens (including phenoxy) is 1. The third kappa shape index (κ3) is 6.11. The van der Waals surface area contributed by atoms with Crippen LogP contribution in [0.15, 0.2) is 53.3 Å². The maximum Gasteiger partial charge on any atom is 0.327 e. The van der Waals surface area contributed by atoms with Crippen LogP contribution < -0.4 is 5.56 Å². The number of pyridine rings is 1. The van der Waals surface area contributed by atoms with E-state index in [0.717, 1.165) is 22.9 Å². The molecule has 2 aromatic heterocycles. The van der Waals surface area contributed by atoms with Gasteiger partial charge in [0.05, 0.1) is 18.2 Å². The lowest BCUT2D eigenvalue weighted by Crippen LogP contribution is -2.34. The van der Waals surface area contributed by atoms with E-state index in [1.165, 1.54) is 15.8 Å². The van der Waals surface area contributed by atoms with Crippen molar-refractivity contribution in [3.05, 3.63) is 87.0 Å². The third-order valence-electron chi connectivity index (χ3n) is 6.74. The second-order valence-electron chi connectivity index (χ2n) is 9.23. The van der Waals surface area contributed by atoms with Crippen molar-refractivity contribution in [3.63, 3.8) is 0 Å². The monoisotopic (exact) mass is 502 g/mol. The van der Waals surface area contributed by atoms with E-state index in [0.29, 0.717) is 37.5 Å². The Kier molecular flexibility index (Phi) is 8.45. The van der Waals surface area contributed by atoms with Gasteiger partial charge in [0.2, 0.25) is 0 Å². The molecule has 0 aliphatic rings. The molecule has 1 atom stereocenters. The Labute approximate surface area is 216 Å². The van der Waals surface area contributed by atoms with Crippen LogP contribution in [-0.2, 0) is 29.0 Å². The van der Waals surface area contributed by atoms with Crippen LogP contribution in [0.3, 0.4) is 0 Å². The molecule has 4 aromatic rings. The Morgan fingerprint density at radius 2 is 1.86 bits per heavy atom. The zero-order valence-corrected chi connectivity index (χ0v) is 21.9. The van der Waals surface area contributed by atoms with E-state index >= 15 is 0 Å². The van der Waals surface area contributed by atoms with E-state index in [2.05, 4.69) is 51.4 Å². The summed E-state index contributed by atoms with van der Waals surface area (Å²) in [6.07, 6.45) is 1.49. The first kappa shape index (κ1) is 26.2. The number of nitrogens with zero attached hydrogens (tertiary/aromatic N) is 5. The van der Waals surface area contributed by atoms with Gasteiger partial charge in [0.1, 0.15) is 6.54 Å². The molecule has 0 amide bonds. The Hall–Kier alpha value is -3.85. The van der Waals surface area contributed by atoms with E-state index in [1.54, 1.807) is 6.92 Å². The average Bonchev–Trinajstić information content (AvgIpc) is 3.32. The first-order chi connectivity index (χ1) is 17.9. The fourth-order valence-electron chi connectivity index (χ4n) is 4.76. The zero-order chi connectivity index (χ0) is 26.4. The number of aromatic amines is 1. The van der Waals surface area contributed by atoms with Crippen molar-refractivity contribution < 1.29 is 9.53 Å². The average molecular weight is 503 g/mol. The molecular formula is C28H34N6O3. The summed E-state index contributed by atoms with van der Waals surface area (Å²) in [4.78, 5) is 30.6. The number of nitrogens with one attached hydrogen (secondary N) is 1. The molecule has 2 heterocycles. The summed E-state index contributed by atoms with van der Waals surface area (Å²) >= 11 is 0. The van der Waals surface area contributed by atoms with Gasteiger partial charge in [-0.1, -0.05) is 49.4 Å². The van der Waals surface area contributed by atoms with Crippen molar-refractivity contribution in [2.45, 2.75) is 59.7 Å². The number of aromatic nitrogens is 5. The molecule has 0 aliphatic heterocycles. The quantitative estimate of drug-likeness (QED) is 0.310. The highest BCUT2D eigenvalue weighted by atomic mass is 16.5. The van der Waals surface area contributed by atoms with Crippen LogP contribution in [0.25, 0.3) is 10.9 Å². The normalized spacial score (nSPS) is 12.2. The van der Waals surface area contributed by atoms with E-state index in [4.69, 9.17) is 4.74 Å². The highest BCUT2D eigenvalue weighted by Crippen LogP contribution is 2.25. The van der Waals surface area contributed by atoms with Gasteiger partial charge < -0.3 is 9.72 Å². The lowest BCUT2D eigenvalue weighted by molar-refractivity contribution is -0.144. The lowest BCUT2D eigenvalue weighted by Gasteiger charge is -2.30. The minimum absolute atomic E-state index is 0.0614. The fourth-order valence-corrected chi connectivity index (χ4v) is 4.76. The topological polar surface area (TPSA) is 106 Å². The Bertz CT molecular complexity index is 1430. The summed E-state index contributed by atoms with van der Waals surface area (Å²) in [6.45, 7) is 9.24. The van der Waals surface area contributed by atoms with Crippen molar-refractivity contribution in [1.82, 2.24) is 30.1 Å². The van der Waals surface area contributed by atoms with E-state index in [9.17, 15) is 9.59 Å². The molecule has 0 fully saturated rings. The van der Waals surface area contributed by atoms with Gasteiger partial charge in [0.25, 0.3) is 5.56 Å². The highest BCUT2D eigenvalue weighted by molar-refractivity contribution is 5.81. The smallest absolute Gasteiger partial charge is 0.327 e. The summed E-state index contributed by atoms with van der Waals surface area (Å²) in [5.74, 6) is 0.187. The molecule has 0 saturated heterocycles. The van der Waals surface area contributed by atoms with Gasteiger partial charge in [-0.2, -0.15) is 0 Å². The van der Waals surface area contributed by atoms with Crippen LogP contribution in [0.5, 0.6) is 0 Å². The summed E-state index contributed by atoms with van der Waals surface area (Å²) in [5, 5.41) is 13.2. The predicted molar refractivity (Wildman–Crippen MR) is 142 cm³/mol. The van der Waals surface area contributed by atoms with Gasteiger partial charge in [0, 0.05) is 18.7 Å². The summed E-state index contributed by atoms with van der Waals surface area (Å²) in [5.41, 5.74) is 4.92. The van der Waals surface area contributed by atoms with E-state index < -0.39 is 5.97 Å². The van der Waals surface area contributed by atoms with Gasteiger partial charge in [-0.3, -0.25) is 14.5 Å². The summed E-state index contributed by atoms with van der Waals surface area (Å²) in [7, 11) is 0. The Morgan fingerprint density at radius 3 is 2.62 bits per heavy atom. The molecule has 0 aliphatic carbocycles. The molecule has 4 rings (SSSR count). The minimum atomic E-state index is -0.390. The number of H-pyrrole nitrogens is 1. The van der Waals surface area contributed by atoms with Crippen molar-refractivity contribution in [2.75, 3.05) is 13.2 Å². The summed E-state index contributed by atoms with van der Waals surface area (Å²) in [6, 6.07) is 16.1. The number of carbonyl (C=O) groups excluding carboxylic acids is 1. The van der Waals surface area contributed by atoms with Gasteiger partial charge in [-0.25, -0.2) is 4.68 Å². The molecule has 2 aromatic carbocycles. The molecule has 0 radical (unpaired) electrons. The molecule has 0 bridgehead atoms. The van der Waals surface area contributed by atoms with Crippen molar-refractivity contribution >= 4 is 16.9 Å². The number of hydrogen-bond donors (Lipinski definition) is 1. The van der Waals surface area contributed by atoms with Crippen LogP contribution in [0.2, 0.25) is 0 Å². The largest absolute Gasteiger partial charge is 0.465 e. The number of carbonyl (C=O) groups is 1. The maximum atomic E-state index is 13.1. The standard InChI is InChI=1S/C28H34N6O3/c1-5-24(27-30-31-32-34(27)18-25(35)37-6-2)33(15-14-21-12-8-7-10-19(21)3)17-23-16-22-13-9-11-20(4)26(22)29-28(23)36/h7-13,16,24H,5-6,14-15,17-18H2,1-4H3,(H,29,36)/t24-/m0/s1. The summed E-state index contributed by atoms with van der Waals surface area (Å²) < 4.78 is 6.61.